The van der Waals surface area contributed by atoms with Gasteiger partial charge in [0, 0.05) is 6.54 Å². The fourth-order valence-electron chi connectivity index (χ4n) is 2.64. The van der Waals surface area contributed by atoms with Crippen molar-refractivity contribution in [2.24, 2.45) is 0 Å². The Balaban J connectivity index is 1.87. The number of hydrogen-bond donors (Lipinski definition) is 1. The lowest BCUT2D eigenvalue weighted by Crippen LogP contribution is -2.26. The van der Waals surface area contributed by atoms with Crippen LogP contribution in [0.3, 0.4) is 0 Å². The lowest BCUT2D eigenvalue weighted by atomic mass is 10.1. The van der Waals surface area contributed by atoms with E-state index in [1.807, 2.05) is 12.4 Å². The van der Waals surface area contributed by atoms with Crippen molar-refractivity contribution < 1.29 is 0 Å². The quantitative estimate of drug-likeness (QED) is 0.744. The molecule has 0 aliphatic heterocycles. The van der Waals surface area contributed by atoms with Crippen molar-refractivity contribution in [3.8, 4) is 0 Å². The minimum absolute atomic E-state index is 0.309. The second-order valence-corrected chi connectivity index (χ2v) is 5.30. The van der Waals surface area contributed by atoms with Crippen molar-refractivity contribution in [1.82, 2.24) is 14.9 Å². The summed E-state index contributed by atoms with van der Waals surface area (Å²) in [6, 6.07) is 19.2. The standard InChI is InChI=1S/C18H21N3/c1-2-12-19-17(15-8-4-3-5-9-15)13-21-14-20-16-10-6-7-11-18(16)21/h3-11,14,17,19H,2,12-13H2,1H3. The number of fused-ring (bicyclic) bond motifs is 1. The van der Waals surface area contributed by atoms with Gasteiger partial charge < -0.3 is 9.88 Å². The number of hydrogen-bond acceptors (Lipinski definition) is 2. The molecule has 0 fully saturated rings. The van der Waals surface area contributed by atoms with Crippen molar-refractivity contribution in [3.63, 3.8) is 0 Å². The molecule has 0 amide bonds. The van der Waals surface area contributed by atoms with Gasteiger partial charge in [-0.05, 0) is 30.7 Å². The molecule has 0 aliphatic carbocycles. The Morgan fingerprint density at radius 2 is 1.81 bits per heavy atom. The highest BCUT2D eigenvalue weighted by Gasteiger charge is 2.12. The predicted molar refractivity (Wildman–Crippen MR) is 87.2 cm³/mol. The highest BCUT2D eigenvalue weighted by atomic mass is 15.1. The molecule has 1 atom stereocenters. The summed E-state index contributed by atoms with van der Waals surface area (Å²) in [6.45, 7) is 4.11. The number of para-hydroxylation sites is 2. The molecule has 0 saturated carbocycles. The molecule has 3 nitrogen and oxygen atoms in total. The predicted octanol–water partition coefficient (Wildman–Crippen LogP) is 3.78. The van der Waals surface area contributed by atoms with Gasteiger partial charge in [0.15, 0.2) is 0 Å². The Morgan fingerprint density at radius 3 is 2.62 bits per heavy atom. The van der Waals surface area contributed by atoms with Crippen molar-refractivity contribution in [1.29, 1.82) is 0 Å². The summed E-state index contributed by atoms with van der Waals surface area (Å²) in [6.07, 6.45) is 3.07. The monoisotopic (exact) mass is 279 g/mol. The third kappa shape index (κ3) is 3.14. The van der Waals surface area contributed by atoms with Gasteiger partial charge in [0.2, 0.25) is 0 Å². The number of benzene rings is 2. The Kier molecular flexibility index (Phi) is 4.31. The largest absolute Gasteiger partial charge is 0.329 e. The van der Waals surface area contributed by atoms with E-state index in [0.29, 0.717) is 6.04 Å². The smallest absolute Gasteiger partial charge is 0.0958 e. The summed E-state index contributed by atoms with van der Waals surface area (Å²) >= 11 is 0. The summed E-state index contributed by atoms with van der Waals surface area (Å²) < 4.78 is 2.23. The molecular weight excluding hydrogens is 258 g/mol. The molecule has 0 saturated heterocycles. The van der Waals surface area contributed by atoms with Crippen LogP contribution >= 0.6 is 0 Å². The van der Waals surface area contributed by atoms with E-state index in [1.165, 1.54) is 11.1 Å². The first-order valence-electron chi connectivity index (χ1n) is 7.56. The highest BCUT2D eigenvalue weighted by Crippen LogP contribution is 2.19. The van der Waals surface area contributed by atoms with E-state index in [4.69, 9.17) is 0 Å². The number of imidazole rings is 1. The first-order valence-corrected chi connectivity index (χ1v) is 7.56. The maximum Gasteiger partial charge on any atom is 0.0958 e. The molecule has 3 rings (SSSR count). The lowest BCUT2D eigenvalue weighted by molar-refractivity contribution is 0.469. The molecule has 1 aromatic heterocycles. The molecule has 0 bridgehead atoms. The van der Waals surface area contributed by atoms with Crippen LogP contribution in [0.2, 0.25) is 0 Å². The average Bonchev–Trinajstić information content (AvgIpc) is 2.95. The molecule has 0 spiro atoms. The second-order valence-electron chi connectivity index (χ2n) is 5.30. The molecule has 1 N–H and O–H groups in total. The van der Waals surface area contributed by atoms with Crippen molar-refractivity contribution in [3.05, 3.63) is 66.5 Å². The van der Waals surface area contributed by atoms with Crippen molar-refractivity contribution >= 4 is 11.0 Å². The zero-order valence-electron chi connectivity index (χ0n) is 12.4. The van der Waals surface area contributed by atoms with E-state index in [-0.39, 0.29) is 0 Å². The summed E-state index contributed by atoms with van der Waals surface area (Å²) in [4.78, 5) is 4.48. The van der Waals surface area contributed by atoms with Crippen LogP contribution in [0.15, 0.2) is 60.9 Å². The van der Waals surface area contributed by atoms with Crippen molar-refractivity contribution in [2.75, 3.05) is 6.54 Å². The van der Waals surface area contributed by atoms with Gasteiger partial charge >= 0.3 is 0 Å². The zero-order chi connectivity index (χ0) is 14.5. The third-order valence-corrected chi connectivity index (χ3v) is 3.75. The van der Waals surface area contributed by atoms with E-state index in [1.54, 1.807) is 0 Å². The summed E-state index contributed by atoms with van der Waals surface area (Å²) in [5.74, 6) is 0. The molecule has 2 aromatic carbocycles. The average molecular weight is 279 g/mol. The molecule has 3 aromatic rings. The molecule has 3 heteroatoms. The lowest BCUT2D eigenvalue weighted by Gasteiger charge is -2.20. The fourth-order valence-corrected chi connectivity index (χ4v) is 2.64. The molecular formula is C18H21N3. The normalized spacial score (nSPS) is 12.6. The van der Waals surface area contributed by atoms with Gasteiger partial charge in [-0.3, -0.25) is 0 Å². The van der Waals surface area contributed by atoms with Crippen LogP contribution in [-0.4, -0.2) is 16.1 Å². The maximum atomic E-state index is 4.48. The van der Waals surface area contributed by atoms with Crippen LogP contribution in [0.5, 0.6) is 0 Å². The SMILES string of the molecule is CCCNC(Cn1cnc2ccccc21)c1ccccc1. The van der Waals surface area contributed by atoms with Crippen LogP contribution in [0.25, 0.3) is 11.0 Å². The first kappa shape index (κ1) is 13.8. The number of aromatic nitrogens is 2. The van der Waals surface area contributed by atoms with E-state index in [2.05, 4.69) is 70.3 Å². The summed E-state index contributed by atoms with van der Waals surface area (Å²) in [5, 5.41) is 3.64. The minimum Gasteiger partial charge on any atom is -0.329 e. The second kappa shape index (κ2) is 6.55. The Bertz CT molecular complexity index is 688. The van der Waals surface area contributed by atoms with Crippen LogP contribution < -0.4 is 5.32 Å². The van der Waals surface area contributed by atoms with Crippen LogP contribution in [0, 0.1) is 0 Å². The maximum absolute atomic E-state index is 4.48. The molecule has 0 aliphatic rings. The number of nitrogens with one attached hydrogen (secondary N) is 1. The third-order valence-electron chi connectivity index (χ3n) is 3.75. The van der Waals surface area contributed by atoms with Crippen LogP contribution in [-0.2, 0) is 6.54 Å². The fraction of sp³-hybridized carbons (Fsp3) is 0.278. The number of nitrogens with zero attached hydrogens (tertiary/aromatic N) is 2. The Morgan fingerprint density at radius 1 is 1.05 bits per heavy atom. The molecule has 21 heavy (non-hydrogen) atoms. The molecule has 108 valence electrons. The van der Waals surface area contributed by atoms with E-state index < -0.39 is 0 Å². The van der Waals surface area contributed by atoms with Gasteiger partial charge in [0.05, 0.1) is 23.4 Å². The van der Waals surface area contributed by atoms with Gasteiger partial charge in [0.1, 0.15) is 0 Å². The Hall–Kier alpha value is -2.13. The van der Waals surface area contributed by atoms with Crippen LogP contribution in [0.4, 0.5) is 0 Å². The van der Waals surface area contributed by atoms with Gasteiger partial charge in [-0.1, -0.05) is 49.4 Å². The first-order chi connectivity index (χ1) is 10.4. The summed E-state index contributed by atoms with van der Waals surface area (Å²) in [5.41, 5.74) is 3.57. The van der Waals surface area contributed by atoms with Crippen LogP contribution in [0.1, 0.15) is 24.9 Å². The van der Waals surface area contributed by atoms with Gasteiger partial charge in [-0.25, -0.2) is 4.98 Å². The van der Waals surface area contributed by atoms with Gasteiger partial charge in [-0.15, -0.1) is 0 Å². The van der Waals surface area contributed by atoms with Gasteiger partial charge in [-0.2, -0.15) is 0 Å². The summed E-state index contributed by atoms with van der Waals surface area (Å²) in [7, 11) is 0. The van der Waals surface area contributed by atoms with Gasteiger partial charge in [0.25, 0.3) is 0 Å². The minimum atomic E-state index is 0.309. The van der Waals surface area contributed by atoms with E-state index in [0.717, 1.165) is 25.0 Å². The molecule has 1 heterocycles. The zero-order valence-corrected chi connectivity index (χ0v) is 12.4. The molecule has 0 radical (unpaired) electrons. The number of rotatable bonds is 6. The molecule has 1 unspecified atom stereocenters. The van der Waals surface area contributed by atoms with Crippen molar-refractivity contribution in [2.45, 2.75) is 25.9 Å². The van der Waals surface area contributed by atoms with E-state index in [9.17, 15) is 0 Å². The highest BCUT2D eigenvalue weighted by molar-refractivity contribution is 5.74. The Labute approximate surface area is 125 Å². The topological polar surface area (TPSA) is 29.9 Å². The van der Waals surface area contributed by atoms with E-state index >= 15 is 0 Å².